The van der Waals surface area contributed by atoms with E-state index in [-0.39, 0.29) is 18.4 Å². The summed E-state index contributed by atoms with van der Waals surface area (Å²) in [6.45, 7) is 0.231. The Morgan fingerprint density at radius 3 is 2.33 bits per heavy atom. The Morgan fingerprint density at radius 1 is 1.07 bits per heavy atom. The van der Waals surface area contributed by atoms with Crippen molar-refractivity contribution in [3.8, 4) is 0 Å². The van der Waals surface area contributed by atoms with Crippen molar-refractivity contribution < 1.29 is 28.6 Å². The Balaban J connectivity index is 1.63. The van der Waals surface area contributed by atoms with Gasteiger partial charge < -0.3 is 14.6 Å². The van der Waals surface area contributed by atoms with Crippen LogP contribution in [0.4, 0.5) is 20.6 Å². The fraction of sp³-hybridized carbons (Fsp3) is 0.391. The van der Waals surface area contributed by atoms with Gasteiger partial charge in [0.15, 0.2) is 6.10 Å². The van der Waals surface area contributed by atoms with Gasteiger partial charge in [0, 0.05) is 7.11 Å². The Bertz CT molecular complexity index is 852. The van der Waals surface area contributed by atoms with Crippen LogP contribution in [-0.4, -0.2) is 37.0 Å². The van der Waals surface area contributed by atoms with Crippen molar-refractivity contribution in [2.45, 2.75) is 31.8 Å². The first-order chi connectivity index (χ1) is 14.5. The lowest BCUT2D eigenvalue weighted by molar-refractivity contribution is -0.153. The number of benzene rings is 2. The van der Waals surface area contributed by atoms with Crippen LogP contribution in [0.5, 0.6) is 0 Å². The summed E-state index contributed by atoms with van der Waals surface area (Å²) >= 11 is 0. The number of amides is 1. The van der Waals surface area contributed by atoms with E-state index < -0.39 is 24.0 Å². The molecule has 2 aromatic carbocycles. The third kappa shape index (κ3) is 5.36. The molecule has 1 N–H and O–H groups in total. The first-order valence-corrected chi connectivity index (χ1v) is 10.0. The van der Waals surface area contributed by atoms with E-state index in [2.05, 4.69) is 0 Å². The van der Waals surface area contributed by atoms with E-state index in [0.717, 1.165) is 12.8 Å². The first kappa shape index (κ1) is 21.8. The molecule has 1 aliphatic carbocycles. The SMILES string of the molecule is COC(C(=O)O)[C@H]1CC[C@H](COC(=O)N(c2ccccc2)c2cccc(F)c2)CC1. The molecule has 1 fully saturated rings. The second-order valence-corrected chi connectivity index (χ2v) is 7.50. The van der Waals surface area contributed by atoms with Crippen LogP contribution in [0.3, 0.4) is 0 Å². The molecule has 0 aromatic heterocycles. The number of methoxy groups -OCH3 is 1. The predicted molar refractivity (Wildman–Crippen MR) is 110 cm³/mol. The molecular formula is C23H26FNO5. The average molecular weight is 415 g/mol. The van der Waals surface area contributed by atoms with Crippen LogP contribution in [0.25, 0.3) is 0 Å². The molecule has 0 heterocycles. The third-order valence-electron chi connectivity index (χ3n) is 5.52. The minimum Gasteiger partial charge on any atom is -0.479 e. The molecule has 0 aliphatic heterocycles. The van der Waals surface area contributed by atoms with Crippen molar-refractivity contribution in [3.63, 3.8) is 0 Å². The number of rotatable bonds is 7. The van der Waals surface area contributed by atoms with Crippen molar-refractivity contribution in [2.24, 2.45) is 11.8 Å². The van der Waals surface area contributed by atoms with Gasteiger partial charge in [-0.2, -0.15) is 0 Å². The Labute approximate surface area is 175 Å². The number of para-hydroxylation sites is 1. The number of carboxylic acids is 1. The summed E-state index contributed by atoms with van der Waals surface area (Å²) in [7, 11) is 1.41. The summed E-state index contributed by atoms with van der Waals surface area (Å²) in [5.74, 6) is -1.26. The van der Waals surface area contributed by atoms with Gasteiger partial charge in [0.2, 0.25) is 0 Å². The molecule has 1 saturated carbocycles. The maximum Gasteiger partial charge on any atom is 0.418 e. The normalized spacial score (nSPS) is 19.7. The molecule has 6 nitrogen and oxygen atoms in total. The van der Waals surface area contributed by atoms with E-state index in [1.807, 2.05) is 6.07 Å². The van der Waals surface area contributed by atoms with E-state index in [9.17, 15) is 19.1 Å². The minimum atomic E-state index is -0.944. The van der Waals surface area contributed by atoms with Gasteiger partial charge in [-0.1, -0.05) is 24.3 Å². The molecule has 0 spiro atoms. The minimum absolute atomic E-state index is 0.0347. The topological polar surface area (TPSA) is 76.1 Å². The number of hydrogen-bond acceptors (Lipinski definition) is 4. The molecule has 160 valence electrons. The zero-order valence-electron chi connectivity index (χ0n) is 16.9. The number of halogens is 1. The molecule has 7 heteroatoms. The van der Waals surface area contributed by atoms with Crippen LogP contribution < -0.4 is 4.90 Å². The molecule has 0 radical (unpaired) electrons. The molecule has 1 unspecified atom stereocenters. The van der Waals surface area contributed by atoms with Gasteiger partial charge in [-0.05, 0) is 67.9 Å². The zero-order valence-corrected chi connectivity index (χ0v) is 16.9. The Morgan fingerprint density at radius 2 is 1.73 bits per heavy atom. The number of hydrogen-bond donors (Lipinski definition) is 1. The summed E-state index contributed by atoms with van der Waals surface area (Å²) in [6, 6.07) is 14.7. The van der Waals surface area contributed by atoms with Crippen molar-refractivity contribution in [1.29, 1.82) is 0 Å². The van der Waals surface area contributed by atoms with E-state index in [1.54, 1.807) is 36.4 Å². The van der Waals surface area contributed by atoms with Crippen LogP contribution in [0, 0.1) is 17.7 Å². The number of aliphatic carboxylic acids is 1. The smallest absolute Gasteiger partial charge is 0.418 e. The van der Waals surface area contributed by atoms with E-state index in [1.165, 1.54) is 24.1 Å². The lowest BCUT2D eigenvalue weighted by Crippen LogP contribution is -2.35. The van der Waals surface area contributed by atoms with Gasteiger partial charge in [0.25, 0.3) is 0 Å². The van der Waals surface area contributed by atoms with Crippen LogP contribution in [0.1, 0.15) is 25.7 Å². The van der Waals surface area contributed by atoms with Gasteiger partial charge in [-0.15, -0.1) is 0 Å². The van der Waals surface area contributed by atoms with Gasteiger partial charge in [0.05, 0.1) is 18.0 Å². The number of nitrogens with zero attached hydrogens (tertiary/aromatic N) is 1. The maximum atomic E-state index is 13.7. The molecule has 3 rings (SSSR count). The highest BCUT2D eigenvalue weighted by Gasteiger charge is 2.32. The number of carbonyl (C=O) groups is 2. The van der Waals surface area contributed by atoms with Crippen molar-refractivity contribution in [2.75, 3.05) is 18.6 Å². The maximum absolute atomic E-state index is 13.7. The quantitative estimate of drug-likeness (QED) is 0.688. The second-order valence-electron chi connectivity index (χ2n) is 7.50. The van der Waals surface area contributed by atoms with Crippen LogP contribution >= 0.6 is 0 Å². The largest absolute Gasteiger partial charge is 0.479 e. The molecule has 0 saturated heterocycles. The van der Waals surface area contributed by atoms with E-state index in [4.69, 9.17) is 9.47 Å². The molecular weight excluding hydrogens is 389 g/mol. The molecule has 1 amide bonds. The first-order valence-electron chi connectivity index (χ1n) is 10.0. The second kappa shape index (κ2) is 10.2. The van der Waals surface area contributed by atoms with Crippen LogP contribution in [-0.2, 0) is 14.3 Å². The zero-order chi connectivity index (χ0) is 21.5. The Kier molecular flexibility index (Phi) is 7.41. The Hall–Kier alpha value is -2.93. The fourth-order valence-electron chi connectivity index (χ4n) is 3.96. The number of carbonyl (C=O) groups excluding carboxylic acids is 1. The van der Waals surface area contributed by atoms with Gasteiger partial charge in [-0.3, -0.25) is 0 Å². The molecule has 1 atom stereocenters. The highest BCUT2D eigenvalue weighted by atomic mass is 19.1. The monoisotopic (exact) mass is 415 g/mol. The standard InChI is InChI=1S/C23H26FNO5/c1-29-21(22(26)27)17-12-10-16(11-13-17)15-30-23(28)25(19-7-3-2-4-8-19)20-9-5-6-18(24)14-20/h2-9,14,16-17,21H,10-13,15H2,1H3,(H,26,27)/t16-,17-,21?. The van der Waals surface area contributed by atoms with Crippen molar-refractivity contribution in [3.05, 3.63) is 60.4 Å². The highest BCUT2D eigenvalue weighted by Crippen LogP contribution is 2.33. The van der Waals surface area contributed by atoms with Crippen molar-refractivity contribution in [1.82, 2.24) is 0 Å². The van der Waals surface area contributed by atoms with Crippen LogP contribution in [0.15, 0.2) is 54.6 Å². The van der Waals surface area contributed by atoms with E-state index in [0.29, 0.717) is 24.2 Å². The number of ether oxygens (including phenoxy) is 2. The molecule has 1 aliphatic rings. The summed E-state index contributed by atoms with van der Waals surface area (Å²) in [4.78, 5) is 25.5. The van der Waals surface area contributed by atoms with Gasteiger partial charge in [0.1, 0.15) is 5.82 Å². The van der Waals surface area contributed by atoms with Gasteiger partial charge in [-0.25, -0.2) is 18.9 Å². The van der Waals surface area contributed by atoms with Crippen molar-refractivity contribution >= 4 is 23.4 Å². The summed E-state index contributed by atoms with van der Waals surface area (Å²) in [5.41, 5.74) is 0.973. The van der Waals surface area contributed by atoms with Crippen LogP contribution in [0.2, 0.25) is 0 Å². The number of anilines is 2. The highest BCUT2D eigenvalue weighted by molar-refractivity contribution is 5.95. The number of carboxylic acid groups (broad SMARTS) is 1. The summed E-state index contributed by atoms with van der Waals surface area (Å²) < 4.78 is 24.4. The molecule has 2 aromatic rings. The lowest BCUT2D eigenvalue weighted by atomic mass is 9.79. The summed E-state index contributed by atoms with van der Waals surface area (Å²) in [5, 5.41) is 9.24. The predicted octanol–water partition coefficient (Wildman–Crippen LogP) is 5.01. The molecule has 0 bridgehead atoms. The summed E-state index contributed by atoms with van der Waals surface area (Å²) in [6.07, 6.45) is 1.56. The van der Waals surface area contributed by atoms with Gasteiger partial charge >= 0.3 is 12.1 Å². The van der Waals surface area contributed by atoms with E-state index >= 15 is 0 Å². The third-order valence-corrected chi connectivity index (χ3v) is 5.52. The lowest BCUT2D eigenvalue weighted by Gasteiger charge is -2.31. The molecule has 30 heavy (non-hydrogen) atoms. The fourth-order valence-corrected chi connectivity index (χ4v) is 3.96. The average Bonchev–Trinajstić information content (AvgIpc) is 2.74.